The summed E-state index contributed by atoms with van der Waals surface area (Å²) in [4.78, 5) is 4.62. The topological polar surface area (TPSA) is 28.5 Å². The summed E-state index contributed by atoms with van der Waals surface area (Å²) in [7, 11) is -1.48. The van der Waals surface area contributed by atoms with Crippen molar-refractivity contribution in [1.29, 1.82) is 0 Å². The Morgan fingerprint density at radius 1 is 0.610 bits per heavy atom. The van der Waals surface area contributed by atoms with Crippen molar-refractivity contribution in [2.75, 3.05) is 6.54 Å². The van der Waals surface area contributed by atoms with Crippen LogP contribution in [-0.4, -0.2) is 27.6 Å². The summed E-state index contributed by atoms with van der Waals surface area (Å²) in [5.41, 5.74) is 3.16. The summed E-state index contributed by atoms with van der Waals surface area (Å²) >= 11 is 0. The fourth-order valence-corrected chi connectivity index (χ4v) is 12.4. The number of hydrazone groups is 1. The molecule has 5 heteroatoms. The van der Waals surface area contributed by atoms with Crippen LogP contribution in [0.1, 0.15) is 19.0 Å². The Bertz CT molecular complexity index is 1430. The van der Waals surface area contributed by atoms with Crippen molar-refractivity contribution in [3.8, 4) is 0 Å². The van der Waals surface area contributed by atoms with E-state index in [1.54, 1.807) is 0 Å². The highest BCUT2D eigenvalue weighted by Gasteiger charge is 2.35. The van der Waals surface area contributed by atoms with E-state index < -0.39 is 15.8 Å². The van der Waals surface area contributed by atoms with Crippen LogP contribution in [0.15, 0.2) is 163 Å². The molecule has 41 heavy (non-hydrogen) atoms. The number of allylic oxidation sites excluding steroid dienone is 2. The van der Waals surface area contributed by atoms with Gasteiger partial charge in [0.05, 0.1) is 18.0 Å². The number of rotatable bonds is 9. The van der Waals surface area contributed by atoms with Crippen LogP contribution < -0.4 is 21.2 Å². The highest BCUT2D eigenvalue weighted by atomic mass is 31.2. The average Bonchev–Trinajstić information content (AvgIpc) is 3.05. The molecule has 2 heterocycles. The molecule has 1 aromatic heterocycles. The molecule has 1 aliphatic rings. The first-order chi connectivity index (χ1) is 20.3. The van der Waals surface area contributed by atoms with Gasteiger partial charge in [0.1, 0.15) is 0 Å². The van der Waals surface area contributed by atoms with E-state index >= 15 is 0 Å². The van der Waals surface area contributed by atoms with Crippen LogP contribution in [0.2, 0.25) is 0 Å². The lowest BCUT2D eigenvalue weighted by molar-refractivity contribution is 0.374. The summed E-state index contributed by atoms with van der Waals surface area (Å²) in [6, 6.07) is 50.5. The fourth-order valence-electron chi connectivity index (χ4n) is 5.26. The van der Waals surface area contributed by atoms with Gasteiger partial charge in [0.25, 0.3) is 0 Å². The summed E-state index contributed by atoms with van der Waals surface area (Å²) in [6.07, 6.45) is 4.95. The zero-order valence-corrected chi connectivity index (χ0v) is 25.0. The van der Waals surface area contributed by atoms with E-state index in [1.165, 1.54) is 26.9 Å². The Morgan fingerprint density at radius 2 is 1.05 bits per heavy atom. The van der Waals surface area contributed by atoms with Gasteiger partial charge in [-0.25, -0.2) is 0 Å². The van der Waals surface area contributed by atoms with Gasteiger partial charge in [0.15, 0.2) is 0 Å². The first-order valence-corrected chi connectivity index (χ1v) is 16.8. The number of benzene rings is 4. The predicted octanol–water partition coefficient (Wildman–Crippen LogP) is 6.99. The van der Waals surface area contributed by atoms with Gasteiger partial charge in [0.2, 0.25) is 0 Å². The number of pyridine rings is 1. The highest BCUT2D eigenvalue weighted by Crippen LogP contribution is 2.56. The predicted molar refractivity (Wildman–Crippen MR) is 178 cm³/mol. The first-order valence-electron chi connectivity index (χ1n) is 14.0. The number of hydrogen-bond donors (Lipinski definition) is 0. The van der Waals surface area contributed by atoms with E-state index in [2.05, 4.69) is 150 Å². The minimum absolute atomic E-state index is 0.296. The standard InChI is InChI=1S/C36H33N3P2/c1-29-25-26-35(34-24-14-15-27-37-34)38-39(29)28-36(40(30-16-6-2-7-17-30)31-18-8-3-9-19-31)41(32-20-10-4-11-21-32)33-22-12-5-13-23-33/h2-25,27,36H,26,28H2,1H3. The summed E-state index contributed by atoms with van der Waals surface area (Å²) in [5.74, 6) is 0. The summed E-state index contributed by atoms with van der Waals surface area (Å²) < 4.78 is 0. The molecule has 0 radical (unpaired) electrons. The minimum atomic E-state index is -0.738. The van der Waals surface area contributed by atoms with Gasteiger partial charge in [-0.1, -0.05) is 133 Å². The molecule has 5 aromatic rings. The number of aromatic nitrogens is 1. The maximum absolute atomic E-state index is 5.25. The highest BCUT2D eigenvalue weighted by molar-refractivity contribution is 7.89. The van der Waals surface area contributed by atoms with E-state index in [0.717, 1.165) is 24.4 Å². The molecule has 0 saturated carbocycles. The Labute approximate surface area is 245 Å². The van der Waals surface area contributed by atoms with Crippen molar-refractivity contribution in [3.63, 3.8) is 0 Å². The lowest BCUT2D eigenvalue weighted by Gasteiger charge is -2.39. The smallest absolute Gasteiger partial charge is 0.0903 e. The Morgan fingerprint density at radius 3 is 1.46 bits per heavy atom. The lowest BCUT2D eigenvalue weighted by Crippen LogP contribution is -2.36. The van der Waals surface area contributed by atoms with Gasteiger partial charge >= 0.3 is 0 Å². The van der Waals surface area contributed by atoms with Crippen molar-refractivity contribution < 1.29 is 0 Å². The molecule has 202 valence electrons. The van der Waals surface area contributed by atoms with Crippen LogP contribution in [0.5, 0.6) is 0 Å². The molecule has 0 fully saturated rings. The van der Waals surface area contributed by atoms with E-state index in [4.69, 9.17) is 5.10 Å². The van der Waals surface area contributed by atoms with Gasteiger partial charge in [-0.3, -0.25) is 9.99 Å². The van der Waals surface area contributed by atoms with Gasteiger partial charge < -0.3 is 0 Å². The molecule has 3 nitrogen and oxygen atoms in total. The lowest BCUT2D eigenvalue weighted by atomic mass is 10.1. The summed E-state index contributed by atoms with van der Waals surface area (Å²) in [6.45, 7) is 3.00. The number of hydrogen-bond acceptors (Lipinski definition) is 3. The zero-order chi connectivity index (χ0) is 27.9. The van der Waals surface area contributed by atoms with Crippen molar-refractivity contribution in [3.05, 3.63) is 163 Å². The van der Waals surface area contributed by atoms with E-state index in [-0.39, 0.29) is 0 Å². The second-order valence-electron chi connectivity index (χ2n) is 9.96. The zero-order valence-electron chi connectivity index (χ0n) is 23.2. The Hall–Kier alpha value is -3.90. The average molecular weight is 570 g/mol. The third-order valence-electron chi connectivity index (χ3n) is 7.27. The SMILES string of the molecule is CC1=CCC(c2ccccn2)=NN1CC(P(c1ccccc1)c1ccccc1)P(c1ccccc1)c1ccccc1. The Balaban J connectivity index is 1.53. The van der Waals surface area contributed by atoms with E-state index in [1.807, 2.05) is 18.3 Å². The normalized spacial score (nSPS) is 13.4. The maximum atomic E-state index is 5.25. The van der Waals surface area contributed by atoms with Crippen molar-refractivity contribution in [2.45, 2.75) is 18.7 Å². The fraction of sp³-hybridized carbons (Fsp3) is 0.111. The molecule has 0 spiro atoms. The molecule has 0 unspecified atom stereocenters. The molecular weight excluding hydrogens is 536 g/mol. The van der Waals surface area contributed by atoms with E-state index in [0.29, 0.717) is 5.40 Å². The second kappa shape index (κ2) is 13.2. The van der Waals surface area contributed by atoms with Gasteiger partial charge in [-0.05, 0) is 56.1 Å². The van der Waals surface area contributed by atoms with E-state index in [9.17, 15) is 0 Å². The number of nitrogens with zero attached hydrogens (tertiary/aromatic N) is 3. The summed E-state index contributed by atoms with van der Waals surface area (Å²) in [5, 5.41) is 13.4. The monoisotopic (exact) mass is 569 g/mol. The molecule has 0 bridgehead atoms. The van der Waals surface area contributed by atoms with Gasteiger partial charge in [-0.2, -0.15) is 5.10 Å². The molecule has 6 rings (SSSR count). The van der Waals surface area contributed by atoms with Crippen LogP contribution >= 0.6 is 15.8 Å². The quantitative estimate of drug-likeness (QED) is 0.179. The molecule has 0 atom stereocenters. The van der Waals surface area contributed by atoms with Gasteiger partial charge in [-0.15, -0.1) is 0 Å². The molecule has 0 aliphatic carbocycles. The van der Waals surface area contributed by atoms with Crippen molar-refractivity contribution >= 4 is 42.8 Å². The molecule has 0 amide bonds. The van der Waals surface area contributed by atoms with Crippen molar-refractivity contribution in [2.24, 2.45) is 5.10 Å². The maximum Gasteiger partial charge on any atom is 0.0903 e. The first kappa shape index (κ1) is 27.3. The molecule has 1 aliphatic heterocycles. The largest absolute Gasteiger partial charge is 0.269 e. The van der Waals surface area contributed by atoms with Crippen LogP contribution in [0.3, 0.4) is 0 Å². The Kier molecular flexibility index (Phi) is 8.77. The third kappa shape index (κ3) is 6.38. The van der Waals surface area contributed by atoms with Crippen LogP contribution in [0, 0.1) is 0 Å². The van der Waals surface area contributed by atoms with Crippen molar-refractivity contribution in [1.82, 2.24) is 9.99 Å². The molecule has 0 saturated heterocycles. The van der Waals surface area contributed by atoms with Crippen LogP contribution in [0.25, 0.3) is 0 Å². The molecule has 0 N–H and O–H groups in total. The minimum Gasteiger partial charge on any atom is -0.269 e. The van der Waals surface area contributed by atoms with Crippen LogP contribution in [-0.2, 0) is 0 Å². The van der Waals surface area contributed by atoms with Gasteiger partial charge in [0, 0.05) is 23.7 Å². The molecular formula is C36H33N3P2. The molecule has 4 aromatic carbocycles. The second-order valence-corrected chi connectivity index (χ2v) is 15.2. The third-order valence-corrected chi connectivity index (χ3v) is 13.6. The van der Waals surface area contributed by atoms with Crippen LogP contribution in [0.4, 0.5) is 0 Å².